The van der Waals surface area contributed by atoms with E-state index in [4.69, 9.17) is 37.6 Å². The third kappa shape index (κ3) is 6.42. The van der Waals surface area contributed by atoms with Gasteiger partial charge in [-0.3, -0.25) is 4.79 Å². The number of benzene rings is 2. The zero-order chi connectivity index (χ0) is 34.2. The SMILES string of the molecule is COc1ccc(-c2cc(=O)c3c(O[C@@H]4O[C@@H](CO[C@@H]5O[C@H](CO)[C@@H](O)[C@H](O)[C@H]5O)[C@@H](O)[C@H](O)[C@H]4O)c(OC)c(O)c(OC)c3o2)cc1. The van der Waals surface area contributed by atoms with Gasteiger partial charge >= 0.3 is 0 Å². The molecule has 2 aliphatic rings. The Bertz CT molecular complexity index is 1590. The molecule has 0 radical (unpaired) electrons. The third-order valence-corrected chi connectivity index (χ3v) is 7.98. The average Bonchev–Trinajstić information content (AvgIpc) is 3.07. The van der Waals surface area contributed by atoms with Gasteiger partial charge in [0.2, 0.25) is 23.5 Å². The molecule has 3 aromatic rings. The minimum absolute atomic E-state index is 0.0943. The van der Waals surface area contributed by atoms with Gasteiger partial charge in [-0.25, -0.2) is 0 Å². The number of ether oxygens (including phenoxy) is 7. The standard InChI is InChI=1S/C30H36O17/c1-40-12-6-4-11(5-7-12)14-8-13(32)17-25(44-14)27(41-2)24(39)28(42-3)26(17)47-30-23(38)21(36)19(34)16(46-30)10-43-29-22(37)20(35)18(33)15(9-31)45-29/h4-8,15-16,18-23,29-31,33-39H,9-10H2,1-3H3/t15-,16+,18-,19-,20+,21+,22-,23-,29-,30+/m1/s1. The third-order valence-electron chi connectivity index (χ3n) is 7.98. The summed E-state index contributed by atoms with van der Waals surface area (Å²) in [6.07, 6.45) is -17.0. The van der Waals surface area contributed by atoms with E-state index in [1.807, 2.05) is 0 Å². The summed E-state index contributed by atoms with van der Waals surface area (Å²) in [5, 5.41) is 82.5. The van der Waals surface area contributed by atoms with Crippen LogP contribution in [0.3, 0.4) is 0 Å². The van der Waals surface area contributed by atoms with Crippen LogP contribution in [0.4, 0.5) is 0 Å². The second kappa shape index (κ2) is 14.2. The lowest BCUT2D eigenvalue weighted by Crippen LogP contribution is -2.62. The zero-order valence-corrected chi connectivity index (χ0v) is 25.3. The molecule has 17 heteroatoms. The second-order valence-corrected chi connectivity index (χ2v) is 10.8. The van der Waals surface area contributed by atoms with Crippen molar-refractivity contribution in [3.8, 4) is 40.1 Å². The van der Waals surface area contributed by atoms with Gasteiger partial charge in [0, 0.05) is 11.6 Å². The van der Waals surface area contributed by atoms with E-state index in [0.717, 1.165) is 13.2 Å². The van der Waals surface area contributed by atoms with Gasteiger partial charge < -0.3 is 78.4 Å². The highest BCUT2D eigenvalue weighted by Gasteiger charge is 2.48. The Morgan fingerprint density at radius 1 is 0.723 bits per heavy atom. The molecule has 2 saturated heterocycles. The molecule has 2 aromatic carbocycles. The minimum Gasteiger partial charge on any atom is -0.501 e. The van der Waals surface area contributed by atoms with Crippen molar-refractivity contribution in [2.45, 2.75) is 61.4 Å². The molecule has 47 heavy (non-hydrogen) atoms. The normalized spacial score (nSPS) is 31.0. The Morgan fingerprint density at radius 3 is 1.91 bits per heavy atom. The quantitative estimate of drug-likeness (QED) is 0.118. The van der Waals surface area contributed by atoms with Crippen LogP contribution in [0.1, 0.15) is 0 Å². The molecule has 0 amide bonds. The number of methoxy groups -OCH3 is 3. The number of rotatable bonds is 10. The van der Waals surface area contributed by atoms with Crippen molar-refractivity contribution in [1.82, 2.24) is 0 Å². The van der Waals surface area contributed by atoms with Gasteiger partial charge in [0.15, 0.2) is 23.1 Å². The molecule has 3 heterocycles. The van der Waals surface area contributed by atoms with E-state index in [1.54, 1.807) is 24.3 Å². The Labute approximate surface area is 266 Å². The van der Waals surface area contributed by atoms with E-state index in [0.29, 0.717) is 11.3 Å². The molecule has 0 saturated carbocycles. The molecule has 0 spiro atoms. The van der Waals surface area contributed by atoms with Crippen LogP contribution in [0.15, 0.2) is 39.5 Å². The molecule has 0 aliphatic carbocycles. The van der Waals surface area contributed by atoms with Crippen LogP contribution in [0.25, 0.3) is 22.3 Å². The van der Waals surface area contributed by atoms with Crippen LogP contribution in [-0.2, 0) is 14.2 Å². The van der Waals surface area contributed by atoms with Crippen LogP contribution in [0.5, 0.6) is 28.7 Å². The lowest BCUT2D eigenvalue weighted by atomic mass is 9.98. The van der Waals surface area contributed by atoms with Crippen molar-refractivity contribution >= 4 is 11.0 Å². The largest absolute Gasteiger partial charge is 0.501 e. The number of fused-ring (bicyclic) bond motifs is 1. The van der Waals surface area contributed by atoms with Crippen LogP contribution in [0.2, 0.25) is 0 Å². The first-order chi connectivity index (χ1) is 22.4. The first-order valence-corrected chi connectivity index (χ1v) is 14.3. The van der Waals surface area contributed by atoms with Gasteiger partial charge in [0.05, 0.1) is 34.5 Å². The summed E-state index contributed by atoms with van der Waals surface area (Å²) < 4.78 is 44.1. The van der Waals surface area contributed by atoms with Crippen molar-refractivity contribution in [1.29, 1.82) is 0 Å². The molecule has 17 nitrogen and oxygen atoms in total. The van der Waals surface area contributed by atoms with Crippen LogP contribution < -0.4 is 24.4 Å². The number of phenols is 1. The van der Waals surface area contributed by atoms with Crippen LogP contribution in [-0.4, -0.2) is 137 Å². The first-order valence-electron chi connectivity index (χ1n) is 14.3. The van der Waals surface area contributed by atoms with Crippen molar-refractivity contribution in [3.63, 3.8) is 0 Å². The fourth-order valence-electron chi connectivity index (χ4n) is 5.35. The summed E-state index contributed by atoms with van der Waals surface area (Å²) in [6, 6.07) is 7.73. The van der Waals surface area contributed by atoms with Gasteiger partial charge in [0.25, 0.3) is 0 Å². The molecule has 0 bridgehead atoms. The molecule has 2 fully saturated rings. The predicted molar refractivity (Wildman–Crippen MR) is 156 cm³/mol. The Hall–Kier alpha value is -3.75. The van der Waals surface area contributed by atoms with Gasteiger partial charge in [-0.2, -0.15) is 0 Å². The van der Waals surface area contributed by atoms with E-state index in [-0.39, 0.29) is 22.5 Å². The van der Waals surface area contributed by atoms with Crippen molar-refractivity contribution in [2.75, 3.05) is 34.5 Å². The van der Waals surface area contributed by atoms with Gasteiger partial charge in [-0.15, -0.1) is 0 Å². The molecule has 2 aliphatic heterocycles. The number of hydrogen-bond acceptors (Lipinski definition) is 17. The highest BCUT2D eigenvalue weighted by molar-refractivity contribution is 5.95. The molecule has 1 aromatic heterocycles. The Kier molecular flexibility index (Phi) is 10.4. The summed E-state index contributed by atoms with van der Waals surface area (Å²) in [4.78, 5) is 13.6. The maximum Gasteiger partial charge on any atom is 0.229 e. The predicted octanol–water partition coefficient (Wildman–Crippen LogP) is -1.81. The number of hydrogen-bond donors (Lipinski definition) is 8. The molecule has 10 atom stereocenters. The number of aliphatic hydroxyl groups excluding tert-OH is 7. The lowest BCUT2D eigenvalue weighted by molar-refractivity contribution is -0.323. The van der Waals surface area contributed by atoms with Gasteiger partial charge in [-0.1, -0.05) is 0 Å². The van der Waals surface area contributed by atoms with Crippen molar-refractivity contribution in [2.24, 2.45) is 0 Å². The lowest BCUT2D eigenvalue weighted by Gasteiger charge is -2.42. The van der Waals surface area contributed by atoms with Gasteiger partial charge in [0.1, 0.15) is 65.7 Å². The molecule has 258 valence electrons. The molecule has 5 rings (SSSR count). The summed E-state index contributed by atoms with van der Waals surface area (Å²) in [5.74, 6) is -1.13. The summed E-state index contributed by atoms with van der Waals surface area (Å²) in [5.41, 5.74) is -0.459. The Morgan fingerprint density at radius 2 is 1.32 bits per heavy atom. The Balaban J connectivity index is 1.48. The summed E-state index contributed by atoms with van der Waals surface area (Å²) in [7, 11) is 3.88. The van der Waals surface area contributed by atoms with Crippen LogP contribution in [0, 0.1) is 0 Å². The van der Waals surface area contributed by atoms with E-state index in [2.05, 4.69) is 0 Å². The molecular formula is C30H36O17. The second-order valence-electron chi connectivity index (χ2n) is 10.8. The molecule has 0 unspecified atom stereocenters. The van der Waals surface area contributed by atoms with Crippen LogP contribution >= 0.6 is 0 Å². The molecule has 8 N–H and O–H groups in total. The topological polar surface area (TPSA) is 257 Å². The number of aromatic hydroxyl groups is 1. The minimum atomic E-state index is -1.93. The monoisotopic (exact) mass is 668 g/mol. The zero-order valence-electron chi connectivity index (χ0n) is 25.3. The van der Waals surface area contributed by atoms with E-state index in [9.17, 15) is 45.6 Å². The summed E-state index contributed by atoms with van der Waals surface area (Å²) >= 11 is 0. The fourth-order valence-corrected chi connectivity index (χ4v) is 5.35. The fraction of sp³-hybridized carbons (Fsp3) is 0.500. The maximum atomic E-state index is 13.6. The van der Waals surface area contributed by atoms with E-state index < -0.39 is 97.3 Å². The summed E-state index contributed by atoms with van der Waals surface area (Å²) in [6.45, 7) is -1.35. The number of phenolic OH excluding ortho intramolecular Hbond substituents is 1. The maximum absolute atomic E-state index is 13.6. The van der Waals surface area contributed by atoms with Gasteiger partial charge in [-0.05, 0) is 24.3 Å². The highest BCUT2D eigenvalue weighted by Crippen LogP contribution is 2.50. The highest BCUT2D eigenvalue weighted by atomic mass is 16.7. The van der Waals surface area contributed by atoms with Crippen molar-refractivity contribution < 1.29 is 78.4 Å². The van der Waals surface area contributed by atoms with Crippen molar-refractivity contribution in [3.05, 3.63) is 40.6 Å². The van der Waals surface area contributed by atoms with E-state index >= 15 is 0 Å². The number of aliphatic hydroxyl groups is 7. The first kappa shape index (κ1) is 34.6. The molecular weight excluding hydrogens is 632 g/mol. The smallest absolute Gasteiger partial charge is 0.229 e. The van der Waals surface area contributed by atoms with E-state index in [1.165, 1.54) is 14.2 Å². The average molecular weight is 669 g/mol.